The first-order chi connectivity index (χ1) is 16.9. The Morgan fingerprint density at radius 2 is 2.06 bits per heavy atom. The Morgan fingerprint density at radius 3 is 2.71 bits per heavy atom. The number of ketones is 1. The molecule has 3 aliphatic rings. The molecular weight excluding hydrogens is 468 g/mol. The Bertz CT molecular complexity index is 1210. The topological polar surface area (TPSA) is 108 Å². The van der Waals surface area contributed by atoms with Crippen molar-refractivity contribution < 1.29 is 24.0 Å². The third kappa shape index (κ3) is 4.66. The van der Waals surface area contributed by atoms with Crippen molar-refractivity contribution in [3.8, 4) is 0 Å². The summed E-state index contributed by atoms with van der Waals surface area (Å²) in [5.41, 5.74) is 2.93. The summed E-state index contributed by atoms with van der Waals surface area (Å²) in [5.74, 6) is -1.11. The number of non-ortho nitro benzene ring substituents is 1. The predicted octanol–water partition coefficient (Wildman–Crippen LogP) is 4.74. The Kier molecular flexibility index (Phi) is 6.53. The maximum absolute atomic E-state index is 13.5. The number of carbonyl (C=O) groups excluding carboxylic acids is 2. The van der Waals surface area contributed by atoms with E-state index in [0.29, 0.717) is 41.9 Å². The van der Waals surface area contributed by atoms with Crippen molar-refractivity contribution in [1.82, 2.24) is 5.32 Å². The van der Waals surface area contributed by atoms with Crippen LogP contribution in [0.1, 0.15) is 54.9 Å². The fourth-order valence-corrected chi connectivity index (χ4v) is 6.01. The van der Waals surface area contributed by atoms with Gasteiger partial charge in [0.25, 0.3) is 5.69 Å². The molecule has 5 rings (SSSR count). The molecule has 0 radical (unpaired) electrons. The molecule has 8 nitrogen and oxygen atoms in total. The number of allylic oxidation sites excluding steroid dienone is 3. The zero-order chi connectivity index (χ0) is 24.5. The highest BCUT2D eigenvalue weighted by atomic mass is 32.1. The van der Waals surface area contributed by atoms with Crippen molar-refractivity contribution in [3.05, 3.63) is 84.9 Å². The summed E-state index contributed by atoms with van der Waals surface area (Å²) in [6.45, 7) is 2.63. The molecule has 0 spiro atoms. The lowest BCUT2D eigenvalue weighted by Crippen LogP contribution is -2.36. The van der Waals surface area contributed by atoms with Crippen LogP contribution in [-0.4, -0.2) is 36.0 Å². The number of ether oxygens (including phenoxy) is 2. The van der Waals surface area contributed by atoms with Gasteiger partial charge in [0.2, 0.25) is 0 Å². The zero-order valence-electron chi connectivity index (χ0n) is 19.3. The molecule has 35 heavy (non-hydrogen) atoms. The van der Waals surface area contributed by atoms with Crippen molar-refractivity contribution in [3.63, 3.8) is 0 Å². The van der Waals surface area contributed by atoms with Crippen molar-refractivity contribution in [2.45, 2.75) is 50.5 Å². The quantitative estimate of drug-likeness (QED) is 0.351. The van der Waals surface area contributed by atoms with E-state index in [-0.39, 0.29) is 30.1 Å². The van der Waals surface area contributed by atoms with Crippen LogP contribution in [0.5, 0.6) is 0 Å². The highest BCUT2D eigenvalue weighted by Gasteiger charge is 2.42. The number of benzene rings is 1. The lowest BCUT2D eigenvalue weighted by atomic mass is 9.72. The van der Waals surface area contributed by atoms with Gasteiger partial charge in [-0.25, -0.2) is 4.79 Å². The number of hydrogen-bond acceptors (Lipinski definition) is 8. The van der Waals surface area contributed by atoms with Crippen molar-refractivity contribution in [2.24, 2.45) is 0 Å². The first-order valence-corrected chi connectivity index (χ1v) is 12.6. The highest BCUT2D eigenvalue weighted by Crippen LogP contribution is 2.46. The first-order valence-electron chi connectivity index (χ1n) is 11.7. The van der Waals surface area contributed by atoms with E-state index in [1.165, 1.54) is 12.1 Å². The third-order valence-electron chi connectivity index (χ3n) is 6.85. The van der Waals surface area contributed by atoms with Crippen LogP contribution in [0.4, 0.5) is 5.69 Å². The number of hydrogen-bond donors (Lipinski definition) is 1. The van der Waals surface area contributed by atoms with Crippen molar-refractivity contribution in [2.75, 3.05) is 13.2 Å². The molecular formula is C26H26N2O6S. The van der Waals surface area contributed by atoms with Crippen LogP contribution in [-0.2, 0) is 19.1 Å². The van der Waals surface area contributed by atoms with Crippen LogP contribution in [0.15, 0.2) is 64.3 Å². The summed E-state index contributed by atoms with van der Waals surface area (Å²) in [5, 5.41) is 16.5. The van der Waals surface area contributed by atoms with E-state index in [1.54, 1.807) is 23.5 Å². The van der Waals surface area contributed by atoms with Crippen molar-refractivity contribution >= 4 is 28.8 Å². The standard InChI is InChI=1S/C26H26N2O6S/c1-15-23(26(30)34-14-19-4-2-10-33-19)24(16-6-8-18(9-7-16)28(31)32)25-20(27-15)12-17(13-21(25)29)22-5-3-11-35-22/h3,5-9,11,17,19,24,27H,2,4,10,12-14H2,1H3/t17-,19-,24+/m1/s1. The molecule has 2 aromatic rings. The molecule has 9 heteroatoms. The maximum Gasteiger partial charge on any atom is 0.336 e. The van der Waals surface area contributed by atoms with Crippen LogP contribution in [0.3, 0.4) is 0 Å². The van der Waals surface area contributed by atoms with Gasteiger partial charge in [0, 0.05) is 58.8 Å². The molecule has 3 atom stereocenters. The van der Waals surface area contributed by atoms with E-state index >= 15 is 0 Å². The van der Waals surface area contributed by atoms with Gasteiger partial charge in [0.15, 0.2) is 5.78 Å². The summed E-state index contributed by atoms with van der Waals surface area (Å²) in [6, 6.07) is 10.1. The summed E-state index contributed by atoms with van der Waals surface area (Å²) < 4.78 is 11.2. The van der Waals surface area contributed by atoms with E-state index in [9.17, 15) is 19.7 Å². The number of thiophene rings is 1. The summed E-state index contributed by atoms with van der Waals surface area (Å²) in [7, 11) is 0. The monoisotopic (exact) mass is 494 g/mol. The molecule has 1 fully saturated rings. The summed E-state index contributed by atoms with van der Waals surface area (Å²) in [4.78, 5) is 38.8. The molecule has 0 bridgehead atoms. The van der Waals surface area contributed by atoms with Crippen LogP contribution >= 0.6 is 11.3 Å². The Morgan fingerprint density at radius 1 is 1.26 bits per heavy atom. The van der Waals surface area contributed by atoms with E-state index in [4.69, 9.17) is 9.47 Å². The molecule has 0 amide bonds. The van der Waals surface area contributed by atoms with Gasteiger partial charge < -0.3 is 14.8 Å². The average molecular weight is 495 g/mol. The third-order valence-corrected chi connectivity index (χ3v) is 7.89. The van der Waals surface area contributed by atoms with E-state index in [0.717, 1.165) is 23.4 Å². The van der Waals surface area contributed by atoms with Gasteiger partial charge >= 0.3 is 5.97 Å². The SMILES string of the molecule is CC1=C(C(=O)OC[C@H]2CCCO2)[C@H](c2ccc([N+](=O)[O-])cc2)C2=C(C[C@@H](c3cccs3)CC2=O)N1. The largest absolute Gasteiger partial charge is 0.459 e. The van der Waals surface area contributed by atoms with Gasteiger partial charge in [-0.1, -0.05) is 18.2 Å². The molecule has 1 N–H and O–H groups in total. The van der Waals surface area contributed by atoms with Gasteiger partial charge in [0.05, 0.1) is 16.6 Å². The summed E-state index contributed by atoms with van der Waals surface area (Å²) >= 11 is 1.63. The van der Waals surface area contributed by atoms with Crippen LogP contribution in [0.25, 0.3) is 0 Å². The molecule has 1 aromatic carbocycles. The maximum atomic E-state index is 13.5. The normalized spacial score (nSPS) is 24.3. The smallest absolute Gasteiger partial charge is 0.336 e. The minimum atomic E-state index is -0.652. The molecule has 1 saturated heterocycles. The zero-order valence-corrected chi connectivity index (χ0v) is 20.1. The van der Waals surface area contributed by atoms with Crippen molar-refractivity contribution in [1.29, 1.82) is 0 Å². The molecule has 2 aliphatic heterocycles. The van der Waals surface area contributed by atoms with Gasteiger partial charge in [-0.05, 0) is 43.2 Å². The van der Waals surface area contributed by atoms with Gasteiger partial charge in [0.1, 0.15) is 6.61 Å². The fraction of sp³-hybridized carbons (Fsp3) is 0.385. The van der Waals surface area contributed by atoms with Crippen LogP contribution < -0.4 is 5.32 Å². The molecule has 182 valence electrons. The number of Topliss-reactive ketones (excluding diaryl/α,β-unsaturated/α-hetero) is 1. The Labute approximate surface area is 206 Å². The lowest BCUT2D eigenvalue weighted by molar-refractivity contribution is -0.384. The average Bonchev–Trinajstić information content (AvgIpc) is 3.56. The van der Waals surface area contributed by atoms with E-state index < -0.39 is 16.8 Å². The van der Waals surface area contributed by atoms with Gasteiger partial charge in [-0.15, -0.1) is 11.3 Å². The predicted molar refractivity (Wildman–Crippen MR) is 130 cm³/mol. The minimum Gasteiger partial charge on any atom is -0.459 e. The summed E-state index contributed by atoms with van der Waals surface area (Å²) in [6.07, 6.45) is 2.66. The number of nitro benzene ring substituents is 1. The number of nitrogens with zero attached hydrogens (tertiary/aromatic N) is 1. The minimum absolute atomic E-state index is 0.0302. The number of nitrogens with one attached hydrogen (secondary N) is 1. The van der Waals surface area contributed by atoms with Gasteiger partial charge in [-0.3, -0.25) is 14.9 Å². The highest BCUT2D eigenvalue weighted by molar-refractivity contribution is 7.10. The van der Waals surface area contributed by atoms with Crippen LogP contribution in [0, 0.1) is 10.1 Å². The molecule has 1 aromatic heterocycles. The Hall–Kier alpha value is -3.30. The second kappa shape index (κ2) is 9.75. The second-order valence-corrected chi connectivity index (χ2v) is 10.1. The number of dihydropyridines is 1. The molecule has 1 aliphatic carbocycles. The molecule has 0 unspecified atom stereocenters. The molecule has 3 heterocycles. The number of carbonyl (C=O) groups is 2. The van der Waals surface area contributed by atoms with E-state index in [2.05, 4.69) is 5.32 Å². The van der Waals surface area contributed by atoms with E-state index in [1.807, 2.05) is 24.4 Å². The lowest BCUT2D eigenvalue weighted by Gasteiger charge is -2.36. The fourth-order valence-electron chi connectivity index (χ4n) is 5.18. The number of rotatable bonds is 6. The van der Waals surface area contributed by atoms with Gasteiger partial charge in [-0.2, -0.15) is 0 Å². The second-order valence-electron chi connectivity index (χ2n) is 9.11. The first kappa shape index (κ1) is 23.4. The Balaban J connectivity index is 1.51. The van der Waals surface area contributed by atoms with Crippen LogP contribution in [0.2, 0.25) is 0 Å². The molecule has 0 saturated carbocycles. The number of nitro groups is 1. The number of esters is 1.